The van der Waals surface area contributed by atoms with Gasteiger partial charge in [0.2, 0.25) is 21.8 Å². The van der Waals surface area contributed by atoms with Crippen molar-refractivity contribution in [3.8, 4) is 11.5 Å². The molecular formula is C27H27N3O6S. The maximum absolute atomic E-state index is 13.3. The van der Waals surface area contributed by atoms with Gasteiger partial charge in [0.1, 0.15) is 18.8 Å². The fourth-order valence-electron chi connectivity index (χ4n) is 4.32. The van der Waals surface area contributed by atoms with E-state index in [2.05, 4.69) is 15.4 Å². The molecule has 0 saturated carbocycles. The Bertz CT molecular complexity index is 1410. The molecule has 37 heavy (non-hydrogen) atoms. The molecule has 0 bridgehead atoms. The predicted octanol–water partition coefficient (Wildman–Crippen LogP) is 2.42. The number of para-hydroxylation sites is 2. The first-order valence-corrected chi connectivity index (χ1v) is 13.5. The van der Waals surface area contributed by atoms with Crippen LogP contribution in [0.4, 0.5) is 5.69 Å². The summed E-state index contributed by atoms with van der Waals surface area (Å²) in [5.74, 6) is 0.666. The van der Waals surface area contributed by atoms with Gasteiger partial charge in [0.25, 0.3) is 0 Å². The maximum Gasteiger partial charge on any atom is 0.241 e. The molecule has 9 nitrogen and oxygen atoms in total. The number of benzene rings is 3. The largest absolute Gasteiger partial charge is 0.486 e. The smallest absolute Gasteiger partial charge is 0.241 e. The van der Waals surface area contributed by atoms with Gasteiger partial charge >= 0.3 is 0 Å². The minimum atomic E-state index is -4.03. The summed E-state index contributed by atoms with van der Waals surface area (Å²) in [4.78, 5) is 24.9. The second-order valence-corrected chi connectivity index (χ2v) is 10.7. The van der Waals surface area contributed by atoms with Crippen LogP contribution < -0.4 is 24.8 Å². The fourth-order valence-corrected chi connectivity index (χ4v) is 5.57. The zero-order valence-corrected chi connectivity index (χ0v) is 20.8. The molecule has 2 heterocycles. The lowest BCUT2D eigenvalue weighted by Gasteiger charge is -2.27. The summed E-state index contributed by atoms with van der Waals surface area (Å²) in [6.07, 6.45) is 0.493. The van der Waals surface area contributed by atoms with Crippen molar-refractivity contribution in [2.75, 3.05) is 18.5 Å². The molecule has 3 N–H and O–H groups in total. The van der Waals surface area contributed by atoms with Gasteiger partial charge in [0, 0.05) is 12.1 Å². The number of carbonyl (C=O) groups is 2. The molecule has 3 aromatic carbocycles. The van der Waals surface area contributed by atoms with Crippen molar-refractivity contribution in [1.82, 2.24) is 10.0 Å². The summed E-state index contributed by atoms with van der Waals surface area (Å²) in [6.45, 7) is 0.413. The summed E-state index contributed by atoms with van der Waals surface area (Å²) < 4.78 is 40.8. The number of aryl methyl sites for hydroxylation is 1. The first-order chi connectivity index (χ1) is 17.9. The Kier molecular flexibility index (Phi) is 7.11. The van der Waals surface area contributed by atoms with Crippen LogP contribution in [0.5, 0.6) is 11.5 Å². The van der Waals surface area contributed by atoms with E-state index >= 15 is 0 Å². The standard InChI is InChI=1S/C27H27N3O6S/c31-26-13-10-19-15-21(11-12-22(19)29-26)37(33,34)30-23(14-18-6-2-1-3-7-18)27(32)28-16-20-17-35-24-8-4-5-9-25(24)36-20/h1-9,11-12,15,20,23,30H,10,13-14,16-17H2,(H,28,32)(H,29,31)/t20-,23-/m0/s1. The lowest BCUT2D eigenvalue weighted by molar-refractivity contribution is -0.123. The predicted molar refractivity (Wildman–Crippen MR) is 137 cm³/mol. The van der Waals surface area contributed by atoms with E-state index in [0.717, 1.165) is 11.1 Å². The molecule has 0 radical (unpaired) electrons. The van der Waals surface area contributed by atoms with Crippen LogP contribution in [0.15, 0.2) is 77.7 Å². The summed E-state index contributed by atoms with van der Waals surface area (Å²) in [6, 6.07) is 20.0. The van der Waals surface area contributed by atoms with Gasteiger partial charge in [0.05, 0.1) is 11.4 Å². The molecule has 0 aromatic heterocycles. The van der Waals surface area contributed by atoms with Gasteiger partial charge in [-0.05, 0) is 54.3 Å². The molecule has 5 rings (SSSR count). The Morgan fingerprint density at radius 1 is 1.00 bits per heavy atom. The minimum absolute atomic E-state index is 0.0360. The van der Waals surface area contributed by atoms with Gasteiger partial charge in [-0.2, -0.15) is 4.72 Å². The fraction of sp³-hybridized carbons (Fsp3) is 0.259. The lowest BCUT2D eigenvalue weighted by atomic mass is 10.0. The monoisotopic (exact) mass is 521 g/mol. The quantitative estimate of drug-likeness (QED) is 0.419. The third kappa shape index (κ3) is 5.92. The Hall–Kier alpha value is -3.89. The van der Waals surface area contributed by atoms with E-state index < -0.39 is 28.1 Å². The van der Waals surface area contributed by atoms with Gasteiger partial charge in [-0.1, -0.05) is 42.5 Å². The SMILES string of the molecule is O=C1CCc2cc(S(=O)(=O)N[C@@H](Cc3ccccc3)C(=O)NC[C@H]3COc4ccccc4O3)ccc2N1. The number of fused-ring (bicyclic) bond motifs is 2. The molecule has 0 unspecified atom stereocenters. The van der Waals surface area contributed by atoms with Gasteiger partial charge in [-0.25, -0.2) is 8.42 Å². The Balaban J connectivity index is 1.30. The molecule has 0 aliphatic carbocycles. The highest BCUT2D eigenvalue weighted by Crippen LogP contribution is 2.30. The number of anilines is 1. The van der Waals surface area contributed by atoms with E-state index in [0.29, 0.717) is 30.0 Å². The summed E-state index contributed by atoms with van der Waals surface area (Å²) in [5.41, 5.74) is 2.15. The molecule has 2 amide bonds. The second kappa shape index (κ2) is 10.6. The van der Waals surface area contributed by atoms with E-state index in [4.69, 9.17) is 9.47 Å². The topological polar surface area (TPSA) is 123 Å². The zero-order chi connectivity index (χ0) is 25.8. The van der Waals surface area contributed by atoms with Gasteiger partial charge < -0.3 is 20.1 Å². The molecule has 2 aliphatic heterocycles. The van der Waals surface area contributed by atoms with Crippen LogP contribution in [0, 0.1) is 0 Å². The van der Waals surface area contributed by atoms with E-state index in [1.807, 2.05) is 48.5 Å². The van der Waals surface area contributed by atoms with Crippen molar-refractivity contribution in [1.29, 1.82) is 0 Å². The molecular weight excluding hydrogens is 494 g/mol. The van der Waals surface area contributed by atoms with Crippen molar-refractivity contribution in [2.24, 2.45) is 0 Å². The summed E-state index contributed by atoms with van der Waals surface area (Å²) >= 11 is 0. The Labute approximate surface area is 215 Å². The number of amides is 2. The molecule has 0 spiro atoms. The molecule has 0 saturated heterocycles. The normalized spacial score (nSPS) is 17.3. The van der Waals surface area contributed by atoms with Crippen LogP contribution in [0.3, 0.4) is 0 Å². The lowest BCUT2D eigenvalue weighted by Crippen LogP contribution is -2.50. The van der Waals surface area contributed by atoms with Crippen molar-refractivity contribution in [3.63, 3.8) is 0 Å². The van der Waals surface area contributed by atoms with Gasteiger partial charge in [-0.3, -0.25) is 9.59 Å². The Morgan fingerprint density at radius 2 is 1.76 bits per heavy atom. The molecule has 2 aliphatic rings. The first kappa shape index (κ1) is 24.8. The number of carbonyl (C=O) groups excluding carboxylic acids is 2. The number of nitrogens with one attached hydrogen (secondary N) is 3. The van der Waals surface area contributed by atoms with Crippen molar-refractivity contribution in [2.45, 2.75) is 36.3 Å². The highest BCUT2D eigenvalue weighted by molar-refractivity contribution is 7.89. The number of ether oxygens (including phenoxy) is 2. The summed E-state index contributed by atoms with van der Waals surface area (Å²) in [5, 5.41) is 5.56. The second-order valence-electron chi connectivity index (χ2n) is 8.97. The van der Waals surface area contributed by atoms with Crippen LogP contribution in [-0.2, 0) is 32.5 Å². The van der Waals surface area contributed by atoms with Crippen molar-refractivity contribution in [3.05, 3.63) is 83.9 Å². The maximum atomic E-state index is 13.3. The summed E-state index contributed by atoms with van der Waals surface area (Å²) in [7, 11) is -4.03. The van der Waals surface area contributed by atoms with E-state index in [1.54, 1.807) is 18.2 Å². The zero-order valence-electron chi connectivity index (χ0n) is 20.0. The Morgan fingerprint density at radius 3 is 2.57 bits per heavy atom. The first-order valence-electron chi connectivity index (χ1n) is 12.0. The molecule has 0 fully saturated rings. The number of hydrogen-bond acceptors (Lipinski definition) is 6. The van der Waals surface area contributed by atoms with E-state index in [-0.39, 0.29) is 30.4 Å². The van der Waals surface area contributed by atoms with Crippen molar-refractivity contribution < 1.29 is 27.5 Å². The highest BCUT2D eigenvalue weighted by atomic mass is 32.2. The van der Waals surface area contributed by atoms with Crippen LogP contribution in [0.25, 0.3) is 0 Å². The molecule has 10 heteroatoms. The average Bonchev–Trinajstić information content (AvgIpc) is 2.91. The van der Waals surface area contributed by atoms with Crippen LogP contribution in [-0.4, -0.2) is 45.5 Å². The van der Waals surface area contributed by atoms with Crippen LogP contribution in [0.1, 0.15) is 17.5 Å². The van der Waals surface area contributed by atoms with Crippen LogP contribution in [0.2, 0.25) is 0 Å². The average molecular weight is 522 g/mol. The number of sulfonamides is 1. The number of rotatable bonds is 8. The van der Waals surface area contributed by atoms with Crippen LogP contribution >= 0.6 is 0 Å². The third-order valence-electron chi connectivity index (χ3n) is 6.25. The van der Waals surface area contributed by atoms with Crippen molar-refractivity contribution >= 4 is 27.5 Å². The molecule has 192 valence electrons. The van der Waals surface area contributed by atoms with Gasteiger partial charge in [-0.15, -0.1) is 0 Å². The number of hydrogen-bond donors (Lipinski definition) is 3. The van der Waals surface area contributed by atoms with Gasteiger partial charge in [0.15, 0.2) is 11.5 Å². The van der Waals surface area contributed by atoms with E-state index in [1.165, 1.54) is 6.07 Å². The highest BCUT2D eigenvalue weighted by Gasteiger charge is 2.29. The minimum Gasteiger partial charge on any atom is -0.486 e. The van der Waals surface area contributed by atoms with E-state index in [9.17, 15) is 18.0 Å². The molecule has 2 atom stereocenters. The third-order valence-corrected chi connectivity index (χ3v) is 7.72. The molecule has 3 aromatic rings.